The van der Waals surface area contributed by atoms with Gasteiger partial charge in [-0.25, -0.2) is 4.57 Å². The van der Waals surface area contributed by atoms with E-state index in [0.717, 1.165) is 18.5 Å². The van der Waals surface area contributed by atoms with Crippen LogP contribution in [0.3, 0.4) is 0 Å². The van der Waals surface area contributed by atoms with Crippen LogP contribution in [0.25, 0.3) is 11.4 Å². The Kier molecular flexibility index (Phi) is 4.12. The normalized spacial score (nSPS) is 14.8. The third-order valence-corrected chi connectivity index (χ3v) is 5.60. The number of para-hydroxylation sites is 1. The van der Waals surface area contributed by atoms with Gasteiger partial charge in [-0.15, -0.1) is 10.2 Å². The number of furan rings is 1. The van der Waals surface area contributed by atoms with E-state index in [4.69, 9.17) is 4.42 Å². The lowest BCUT2D eigenvalue weighted by Crippen LogP contribution is -2.27. The van der Waals surface area contributed by atoms with Gasteiger partial charge in [0.05, 0.1) is 11.8 Å². The van der Waals surface area contributed by atoms with Crippen LogP contribution in [0.2, 0.25) is 0 Å². The molecule has 1 N–H and O–H groups in total. The second-order valence-corrected chi connectivity index (χ2v) is 7.44. The van der Waals surface area contributed by atoms with Crippen LogP contribution in [0.4, 0.5) is 5.69 Å². The van der Waals surface area contributed by atoms with Crippen molar-refractivity contribution >= 4 is 29.3 Å². The van der Waals surface area contributed by atoms with Crippen LogP contribution in [0.15, 0.2) is 58.5 Å². The molecule has 0 atom stereocenters. The largest absolute Gasteiger partial charge is 0.472 e. The Bertz CT molecular complexity index is 946. The third-order valence-electron chi connectivity index (χ3n) is 4.16. The number of benzene rings is 1. The minimum atomic E-state index is -0.621. The van der Waals surface area contributed by atoms with E-state index in [-0.39, 0.29) is 11.8 Å². The zero-order chi connectivity index (χ0) is 18.1. The molecule has 1 saturated carbocycles. The summed E-state index contributed by atoms with van der Waals surface area (Å²) in [5.74, 6) is 0.109. The number of rotatable bonds is 5. The van der Waals surface area contributed by atoms with E-state index in [1.54, 1.807) is 6.07 Å². The molecule has 4 rings (SSSR count). The molecule has 1 amide bonds. The lowest BCUT2D eigenvalue weighted by Gasteiger charge is -2.14. The van der Waals surface area contributed by atoms with Gasteiger partial charge in [0.1, 0.15) is 11.0 Å². The lowest BCUT2D eigenvalue weighted by molar-refractivity contribution is -0.116. The fraction of sp³-hybridized carbons (Fsp3) is 0.222. The number of hydrogen-bond acceptors (Lipinski definition) is 6. The predicted octanol–water partition coefficient (Wildman–Crippen LogP) is 3.46. The highest BCUT2D eigenvalue weighted by Crippen LogP contribution is 2.52. The summed E-state index contributed by atoms with van der Waals surface area (Å²) in [6, 6.07) is 11.0. The molecule has 2 aromatic heterocycles. The molecule has 0 radical (unpaired) electrons. The van der Waals surface area contributed by atoms with Gasteiger partial charge >= 0.3 is 0 Å². The molecule has 0 bridgehead atoms. The maximum absolute atomic E-state index is 12.7. The molecule has 26 heavy (non-hydrogen) atoms. The number of nitrogens with one attached hydrogen (secondary N) is 1. The van der Waals surface area contributed by atoms with Crippen molar-refractivity contribution in [1.29, 1.82) is 0 Å². The van der Waals surface area contributed by atoms with Crippen LogP contribution in [-0.2, 0) is 4.79 Å². The number of hydrogen-bond donors (Lipinski definition) is 1. The first-order valence-electron chi connectivity index (χ1n) is 8.13. The molecule has 0 spiro atoms. The summed E-state index contributed by atoms with van der Waals surface area (Å²) in [5.41, 5.74) is 1.41. The highest BCUT2D eigenvalue weighted by atomic mass is 32.2. The van der Waals surface area contributed by atoms with E-state index in [1.807, 2.05) is 30.3 Å². The van der Waals surface area contributed by atoms with Gasteiger partial charge in [0, 0.05) is 12.6 Å². The van der Waals surface area contributed by atoms with Crippen molar-refractivity contribution in [2.75, 3.05) is 5.32 Å². The van der Waals surface area contributed by atoms with E-state index in [9.17, 15) is 9.59 Å². The van der Waals surface area contributed by atoms with Gasteiger partial charge in [-0.1, -0.05) is 30.0 Å². The third kappa shape index (κ3) is 3.03. The van der Waals surface area contributed by atoms with Crippen LogP contribution < -0.4 is 5.32 Å². The first kappa shape index (κ1) is 16.6. The first-order valence-corrected chi connectivity index (χ1v) is 8.95. The Morgan fingerprint density at radius 1 is 1.19 bits per heavy atom. The van der Waals surface area contributed by atoms with E-state index in [1.165, 1.54) is 35.8 Å². The summed E-state index contributed by atoms with van der Waals surface area (Å²) < 4.78 is 5.87. The smallest absolute Gasteiger partial charge is 0.241 e. The zero-order valence-electron chi connectivity index (χ0n) is 14.0. The molecule has 2 heterocycles. The average Bonchev–Trinajstić information content (AvgIpc) is 3.05. The van der Waals surface area contributed by atoms with Gasteiger partial charge < -0.3 is 9.73 Å². The van der Waals surface area contributed by atoms with Gasteiger partial charge in [-0.05, 0) is 31.0 Å². The fourth-order valence-electron chi connectivity index (χ4n) is 2.63. The summed E-state index contributed by atoms with van der Waals surface area (Å²) >= 11 is 1.28. The quantitative estimate of drug-likeness (QED) is 0.742. The van der Waals surface area contributed by atoms with Crippen LogP contribution in [0, 0.1) is 0 Å². The number of thioether (sulfide) groups is 1. The van der Waals surface area contributed by atoms with Crippen molar-refractivity contribution in [1.82, 2.24) is 14.8 Å². The Morgan fingerprint density at radius 3 is 2.58 bits per heavy atom. The summed E-state index contributed by atoms with van der Waals surface area (Å²) in [6.45, 7) is 1.45. The second kappa shape index (κ2) is 6.45. The van der Waals surface area contributed by atoms with Crippen LogP contribution in [0.1, 0.15) is 24.6 Å². The monoisotopic (exact) mass is 368 g/mol. The second-order valence-electron chi connectivity index (χ2n) is 6.09. The molecule has 3 aromatic rings. The van der Waals surface area contributed by atoms with E-state index in [0.29, 0.717) is 16.5 Å². The van der Waals surface area contributed by atoms with E-state index < -0.39 is 4.75 Å². The van der Waals surface area contributed by atoms with Crippen molar-refractivity contribution in [3.8, 4) is 11.4 Å². The highest BCUT2D eigenvalue weighted by molar-refractivity contribution is 8.01. The van der Waals surface area contributed by atoms with Gasteiger partial charge in [0.25, 0.3) is 0 Å². The van der Waals surface area contributed by atoms with Gasteiger partial charge in [0.15, 0.2) is 11.0 Å². The van der Waals surface area contributed by atoms with E-state index >= 15 is 0 Å². The molecule has 132 valence electrons. The SMILES string of the molecule is CC(=O)n1c(SC2(C(=O)Nc3ccccc3)CC2)nnc1-c1ccoc1. The first-order chi connectivity index (χ1) is 12.6. The van der Waals surface area contributed by atoms with Crippen LogP contribution in [0.5, 0.6) is 0 Å². The van der Waals surface area contributed by atoms with Crippen molar-refractivity contribution < 1.29 is 14.0 Å². The van der Waals surface area contributed by atoms with Gasteiger partial charge in [-0.3, -0.25) is 9.59 Å². The molecule has 0 unspecified atom stereocenters. The van der Waals surface area contributed by atoms with Crippen molar-refractivity contribution in [3.63, 3.8) is 0 Å². The van der Waals surface area contributed by atoms with Crippen LogP contribution >= 0.6 is 11.8 Å². The molecular weight excluding hydrogens is 352 g/mol. The Balaban J connectivity index is 1.59. The maximum Gasteiger partial charge on any atom is 0.241 e. The standard InChI is InChI=1S/C18H16N4O3S/c1-12(23)22-15(13-7-10-25-11-13)20-21-17(22)26-18(8-9-18)16(24)19-14-5-3-2-4-6-14/h2-7,10-11H,8-9H2,1H3,(H,19,24). The van der Waals surface area contributed by atoms with Gasteiger partial charge in [0.2, 0.25) is 11.8 Å². The summed E-state index contributed by atoms with van der Waals surface area (Å²) in [7, 11) is 0. The summed E-state index contributed by atoms with van der Waals surface area (Å²) in [5, 5.41) is 11.6. The average molecular weight is 368 g/mol. The summed E-state index contributed by atoms with van der Waals surface area (Å²) in [4.78, 5) is 24.9. The molecule has 0 saturated heterocycles. The number of carbonyl (C=O) groups excluding carboxylic acids is 2. The number of carbonyl (C=O) groups is 2. The van der Waals surface area contributed by atoms with Crippen molar-refractivity contribution in [2.24, 2.45) is 0 Å². The number of aromatic nitrogens is 3. The molecule has 7 nitrogen and oxygen atoms in total. The molecule has 0 aliphatic heterocycles. The minimum absolute atomic E-state index is 0.0864. The molecule has 1 aliphatic rings. The van der Waals surface area contributed by atoms with Gasteiger partial charge in [-0.2, -0.15) is 0 Å². The number of amides is 1. The topological polar surface area (TPSA) is 90.0 Å². The Morgan fingerprint density at radius 2 is 1.96 bits per heavy atom. The zero-order valence-corrected chi connectivity index (χ0v) is 14.8. The molecule has 1 aliphatic carbocycles. The van der Waals surface area contributed by atoms with E-state index in [2.05, 4.69) is 15.5 Å². The molecule has 8 heteroatoms. The number of anilines is 1. The van der Waals surface area contributed by atoms with Crippen molar-refractivity contribution in [2.45, 2.75) is 29.7 Å². The maximum atomic E-state index is 12.7. The predicted molar refractivity (Wildman–Crippen MR) is 96.9 cm³/mol. The fourth-order valence-corrected chi connectivity index (χ4v) is 3.82. The summed E-state index contributed by atoms with van der Waals surface area (Å²) in [6.07, 6.45) is 4.47. The number of nitrogens with zero attached hydrogens (tertiary/aromatic N) is 3. The highest BCUT2D eigenvalue weighted by Gasteiger charge is 2.52. The molecule has 1 fully saturated rings. The van der Waals surface area contributed by atoms with Crippen LogP contribution in [-0.4, -0.2) is 31.3 Å². The van der Waals surface area contributed by atoms with Crippen molar-refractivity contribution in [3.05, 3.63) is 48.9 Å². The molecular formula is C18H16N4O3S. The Hall–Kier alpha value is -2.87. The Labute approximate surface area is 153 Å². The minimum Gasteiger partial charge on any atom is -0.472 e. The molecule has 1 aromatic carbocycles. The lowest BCUT2D eigenvalue weighted by atomic mass is 10.3.